The molecular formula is C25H29NO6. The van der Waals surface area contributed by atoms with Crippen molar-refractivity contribution in [1.29, 1.82) is 0 Å². The fourth-order valence-corrected chi connectivity index (χ4v) is 3.20. The van der Waals surface area contributed by atoms with Crippen LogP contribution in [0.25, 0.3) is 22.3 Å². The Morgan fingerprint density at radius 2 is 1.69 bits per heavy atom. The minimum absolute atomic E-state index is 0.0511. The van der Waals surface area contributed by atoms with Crippen molar-refractivity contribution in [3.63, 3.8) is 0 Å². The number of ether oxygens (including phenoxy) is 2. The van der Waals surface area contributed by atoms with Crippen molar-refractivity contribution in [1.82, 2.24) is 0 Å². The summed E-state index contributed by atoms with van der Waals surface area (Å²) in [6.07, 6.45) is 3.83. The second-order valence-corrected chi connectivity index (χ2v) is 7.57. The summed E-state index contributed by atoms with van der Waals surface area (Å²) in [5.41, 5.74) is 0.672. The molecule has 7 heteroatoms. The molecule has 1 amide bonds. The first kappa shape index (κ1) is 23.2. The number of aromatic hydroxyl groups is 1. The lowest BCUT2D eigenvalue weighted by Gasteiger charge is -2.14. The maximum absolute atomic E-state index is 12.8. The maximum atomic E-state index is 12.8. The van der Waals surface area contributed by atoms with Gasteiger partial charge < -0.3 is 24.3 Å². The summed E-state index contributed by atoms with van der Waals surface area (Å²) < 4.78 is 17.6. The van der Waals surface area contributed by atoms with Crippen molar-refractivity contribution >= 4 is 22.6 Å². The van der Waals surface area contributed by atoms with E-state index in [2.05, 4.69) is 19.2 Å². The summed E-state index contributed by atoms with van der Waals surface area (Å²) >= 11 is 0. The lowest BCUT2D eigenvalue weighted by molar-refractivity contribution is -0.114. The number of unbranched alkanes of at least 4 members (excludes halogenated alkanes) is 2. The molecule has 3 rings (SSSR count). The molecule has 0 radical (unpaired) electrons. The molecule has 0 atom stereocenters. The quantitative estimate of drug-likeness (QED) is 0.406. The fourth-order valence-electron chi connectivity index (χ4n) is 3.20. The highest BCUT2D eigenvalue weighted by Crippen LogP contribution is 2.37. The number of benzene rings is 2. The van der Waals surface area contributed by atoms with E-state index in [9.17, 15) is 14.7 Å². The molecule has 2 N–H and O–H groups in total. The molecule has 170 valence electrons. The van der Waals surface area contributed by atoms with Crippen LogP contribution in [0.3, 0.4) is 0 Å². The zero-order valence-corrected chi connectivity index (χ0v) is 18.7. The smallest absolute Gasteiger partial charge is 0.235 e. The van der Waals surface area contributed by atoms with Gasteiger partial charge in [-0.3, -0.25) is 9.59 Å². The number of nitrogens with one attached hydrogen (secondary N) is 1. The Bertz CT molecular complexity index is 1150. The third kappa shape index (κ3) is 5.41. The number of carbonyl (C=O) groups excluding carboxylic acids is 1. The predicted octanol–water partition coefficient (Wildman–Crippen LogP) is 5.48. The molecule has 3 aromatic rings. The first-order valence-electron chi connectivity index (χ1n) is 10.9. The Hall–Kier alpha value is -3.48. The number of hydrogen-bond acceptors (Lipinski definition) is 6. The van der Waals surface area contributed by atoms with E-state index in [0.717, 1.165) is 25.7 Å². The second-order valence-electron chi connectivity index (χ2n) is 7.57. The van der Waals surface area contributed by atoms with E-state index >= 15 is 0 Å². The zero-order chi connectivity index (χ0) is 23.1. The molecule has 0 aliphatic carbocycles. The van der Waals surface area contributed by atoms with Gasteiger partial charge in [0.1, 0.15) is 5.58 Å². The molecule has 32 heavy (non-hydrogen) atoms. The van der Waals surface area contributed by atoms with E-state index < -0.39 is 11.2 Å². The molecule has 1 heterocycles. The molecule has 0 spiro atoms. The number of amides is 1. The van der Waals surface area contributed by atoms with Gasteiger partial charge in [0.05, 0.1) is 18.6 Å². The summed E-state index contributed by atoms with van der Waals surface area (Å²) in [5, 5.41) is 13.4. The molecule has 0 saturated carbocycles. The lowest BCUT2D eigenvalue weighted by Crippen LogP contribution is -2.07. The predicted molar refractivity (Wildman–Crippen MR) is 125 cm³/mol. The highest BCUT2D eigenvalue weighted by Gasteiger charge is 2.18. The molecule has 0 aliphatic rings. The summed E-state index contributed by atoms with van der Waals surface area (Å²) in [7, 11) is 0. The molecule has 0 saturated heterocycles. The molecule has 0 aliphatic heterocycles. The van der Waals surface area contributed by atoms with Crippen molar-refractivity contribution in [3.8, 4) is 28.6 Å². The van der Waals surface area contributed by atoms with Gasteiger partial charge >= 0.3 is 0 Å². The highest BCUT2D eigenvalue weighted by atomic mass is 16.5. The van der Waals surface area contributed by atoms with Gasteiger partial charge in [-0.25, -0.2) is 0 Å². The lowest BCUT2D eigenvalue weighted by atomic mass is 10.1. The van der Waals surface area contributed by atoms with Crippen LogP contribution in [0, 0.1) is 0 Å². The Morgan fingerprint density at radius 3 is 2.34 bits per heavy atom. The SMILES string of the molecule is CCCCOc1ccc(-c2oc3ccc(NC(C)=O)cc3c(=O)c2O)cc1OCCCC. The van der Waals surface area contributed by atoms with Crippen LogP contribution < -0.4 is 20.2 Å². The van der Waals surface area contributed by atoms with Crippen LogP contribution in [-0.4, -0.2) is 24.2 Å². The van der Waals surface area contributed by atoms with Crippen molar-refractivity contribution in [2.45, 2.75) is 46.5 Å². The Labute approximate surface area is 187 Å². The molecular weight excluding hydrogens is 410 g/mol. The van der Waals surface area contributed by atoms with E-state index in [0.29, 0.717) is 41.5 Å². The minimum Gasteiger partial charge on any atom is -0.502 e. The summed E-state index contributed by atoms with van der Waals surface area (Å²) in [6, 6.07) is 9.91. The molecule has 2 aromatic carbocycles. The Kier molecular flexibility index (Phi) is 7.76. The van der Waals surface area contributed by atoms with Crippen LogP contribution in [0.2, 0.25) is 0 Å². The van der Waals surface area contributed by atoms with Gasteiger partial charge in [0, 0.05) is 18.2 Å². The first-order chi connectivity index (χ1) is 15.4. The number of rotatable bonds is 10. The van der Waals surface area contributed by atoms with E-state index in [1.807, 2.05) is 0 Å². The van der Waals surface area contributed by atoms with Crippen LogP contribution in [0.4, 0.5) is 5.69 Å². The largest absolute Gasteiger partial charge is 0.502 e. The highest BCUT2D eigenvalue weighted by molar-refractivity contribution is 5.92. The minimum atomic E-state index is -0.579. The fraction of sp³-hybridized carbons (Fsp3) is 0.360. The van der Waals surface area contributed by atoms with Gasteiger partial charge in [-0.05, 0) is 49.2 Å². The van der Waals surface area contributed by atoms with Gasteiger partial charge in [-0.15, -0.1) is 0 Å². The van der Waals surface area contributed by atoms with Gasteiger partial charge in [0.2, 0.25) is 17.1 Å². The third-order valence-electron chi connectivity index (χ3n) is 4.90. The normalized spacial score (nSPS) is 10.8. The van der Waals surface area contributed by atoms with Gasteiger partial charge in [-0.2, -0.15) is 0 Å². The number of anilines is 1. The van der Waals surface area contributed by atoms with Crippen LogP contribution in [0.5, 0.6) is 17.2 Å². The monoisotopic (exact) mass is 439 g/mol. The average Bonchev–Trinajstić information content (AvgIpc) is 2.77. The topological polar surface area (TPSA) is 98.0 Å². The van der Waals surface area contributed by atoms with E-state index in [4.69, 9.17) is 13.9 Å². The van der Waals surface area contributed by atoms with Crippen LogP contribution in [0.15, 0.2) is 45.6 Å². The zero-order valence-electron chi connectivity index (χ0n) is 18.7. The summed E-state index contributed by atoms with van der Waals surface area (Å²) in [5.74, 6) is 0.439. The maximum Gasteiger partial charge on any atom is 0.235 e. The average molecular weight is 440 g/mol. The van der Waals surface area contributed by atoms with Gasteiger partial charge in [0.25, 0.3) is 0 Å². The molecule has 0 fully saturated rings. The second kappa shape index (κ2) is 10.7. The molecule has 1 aromatic heterocycles. The van der Waals surface area contributed by atoms with Crippen molar-refractivity contribution in [3.05, 3.63) is 46.6 Å². The first-order valence-corrected chi connectivity index (χ1v) is 10.9. The third-order valence-corrected chi connectivity index (χ3v) is 4.90. The van der Waals surface area contributed by atoms with Crippen molar-refractivity contribution in [2.24, 2.45) is 0 Å². The van der Waals surface area contributed by atoms with Crippen molar-refractivity contribution < 1.29 is 23.8 Å². The standard InChI is InChI=1S/C25H29NO6/c1-4-6-12-30-21-10-8-17(14-22(21)31-13-7-5-2)25-24(29)23(28)19-15-18(26-16(3)27)9-11-20(19)32-25/h8-11,14-15,29H,4-7,12-13H2,1-3H3,(H,26,27). The van der Waals surface area contributed by atoms with E-state index in [-0.39, 0.29) is 17.1 Å². The van der Waals surface area contributed by atoms with E-state index in [1.165, 1.54) is 13.0 Å². The Balaban J connectivity index is 2.02. The number of hydrogen-bond donors (Lipinski definition) is 2. The molecule has 0 bridgehead atoms. The molecule has 7 nitrogen and oxygen atoms in total. The Morgan fingerprint density at radius 1 is 1.00 bits per heavy atom. The summed E-state index contributed by atoms with van der Waals surface area (Å²) in [6.45, 7) is 6.66. The van der Waals surface area contributed by atoms with Gasteiger partial charge in [0.15, 0.2) is 17.3 Å². The van der Waals surface area contributed by atoms with Crippen LogP contribution >= 0.6 is 0 Å². The van der Waals surface area contributed by atoms with Crippen LogP contribution in [-0.2, 0) is 4.79 Å². The van der Waals surface area contributed by atoms with Crippen molar-refractivity contribution in [2.75, 3.05) is 18.5 Å². The van der Waals surface area contributed by atoms with Gasteiger partial charge in [-0.1, -0.05) is 26.7 Å². The van der Waals surface area contributed by atoms with Crippen LogP contribution in [0.1, 0.15) is 46.5 Å². The molecule has 0 unspecified atom stereocenters. The summed E-state index contributed by atoms with van der Waals surface area (Å²) in [4.78, 5) is 24.1. The number of carbonyl (C=O) groups is 1. The number of fused-ring (bicyclic) bond motifs is 1. The van der Waals surface area contributed by atoms with E-state index in [1.54, 1.807) is 30.3 Å².